The number of ether oxygens (including phenoxy) is 1. The highest BCUT2D eigenvalue weighted by Crippen LogP contribution is 2.39. The number of nitrogens with zero attached hydrogens (tertiary/aromatic N) is 1. The second-order valence-corrected chi connectivity index (χ2v) is 7.79. The molecule has 0 radical (unpaired) electrons. The molecule has 1 fully saturated rings. The third-order valence-electron chi connectivity index (χ3n) is 4.47. The van der Waals surface area contributed by atoms with Crippen molar-refractivity contribution in [2.75, 3.05) is 24.2 Å². The molecule has 0 spiro atoms. The molecule has 138 valence electrons. The van der Waals surface area contributed by atoms with Gasteiger partial charge in [0.15, 0.2) is 0 Å². The summed E-state index contributed by atoms with van der Waals surface area (Å²) >= 11 is 1.81. The lowest BCUT2D eigenvalue weighted by Crippen LogP contribution is -2.34. The van der Waals surface area contributed by atoms with Gasteiger partial charge in [-0.1, -0.05) is 50.2 Å². The van der Waals surface area contributed by atoms with Crippen LogP contribution in [0, 0.1) is 0 Å². The molecule has 1 aliphatic rings. The minimum Gasteiger partial charge on any atom is -0.492 e. The summed E-state index contributed by atoms with van der Waals surface area (Å²) in [6.45, 7) is 7.62. The lowest BCUT2D eigenvalue weighted by molar-refractivity contribution is 0.214. The van der Waals surface area contributed by atoms with Crippen molar-refractivity contribution in [1.82, 2.24) is 4.90 Å². The minimum atomic E-state index is -0.0833. The number of anilines is 1. The Hall–Kier alpha value is -2.14. The van der Waals surface area contributed by atoms with Gasteiger partial charge in [-0.15, -0.1) is 11.8 Å². The predicted molar refractivity (Wildman–Crippen MR) is 109 cm³/mol. The SMILES string of the molecule is CCOc1ccccc1NC(=O)N1CCS[C@H]1c1ccc(C(C)C)cc1. The summed E-state index contributed by atoms with van der Waals surface area (Å²) in [6, 6.07) is 16.1. The number of amides is 2. The van der Waals surface area contributed by atoms with E-state index in [1.165, 1.54) is 11.1 Å². The molecule has 0 bridgehead atoms. The number of nitrogens with one attached hydrogen (secondary N) is 1. The first-order valence-electron chi connectivity index (χ1n) is 9.11. The molecule has 26 heavy (non-hydrogen) atoms. The quantitative estimate of drug-likeness (QED) is 0.757. The van der Waals surface area contributed by atoms with Crippen molar-refractivity contribution in [2.45, 2.75) is 32.1 Å². The first-order valence-corrected chi connectivity index (χ1v) is 10.2. The highest BCUT2D eigenvalue weighted by Gasteiger charge is 2.31. The van der Waals surface area contributed by atoms with E-state index < -0.39 is 0 Å². The Labute approximate surface area is 159 Å². The summed E-state index contributed by atoms with van der Waals surface area (Å²) in [4.78, 5) is 14.8. The highest BCUT2D eigenvalue weighted by atomic mass is 32.2. The van der Waals surface area contributed by atoms with Gasteiger partial charge in [-0.2, -0.15) is 0 Å². The number of carbonyl (C=O) groups excluding carboxylic acids is 1. The smallest absolute Gasteiger partial charge is 0.323 e. The number of carbonyl (C=O) groups is 1. The Bertz CT molecular complexity index is 746. The molecule has 0 aliphatic carbocycles. The Morgan fingerprint density at radius 1 is 1.23 bits per heavy atom. The van der Waals surface area contributed by atoms with Crippen molar-refractivity contribution >= 4 is 23.5 Å². The summed E-state index contributed by atoms with van der Waals surface area (Å²) < 4.78 is 5.61. The average Bonchev–Trinajstić information content (AvgIpc) is 3.13. The molecule has 2 amide bonds. The van der Waals surface area contributed by atoms with Crippen LogP contribution in [0.5, 0.6) is 5.75 Å². The highest BCUT2D eigenvalue weighted by molar-refractivity contribution is 7.99. The Morgan fingerprint density at radius 2 is 1.96 bits per heavy atom. The molecule has 2 aromatic rings. The third kappa shape index (κ3) is 4.15. The molecule has 1 atom stereocenters. The Kier molecular flexibility index (Phi) is 6.09. The van der Waals surface area contributed by atoms with Crippen LogP contribution in [0.3, 0.4) is 0 Å². The Morgan fingerprint density at radius 3 is 2.65 bits per heavy atom. The second kappa shape index (κ2) is 8.49. The lowest BCUT2D eigenvalue weighted by Gasteiger charge is -2.25. The topological polar surface area (TPSA) is 41.6 Å². The van der Waals surface area contributed by atoms with Crippen molar-refractivity contribution < 1.29 is 9.53 Å². The minimum absolute atomic E-state index is 0.0514. The number of benzene rings is 2. The molecule has 2 aromatic carbocycles. The van der Waals surface area contributed by atoms with Crippen molar-refractivity contribution in [2.24, 2.45) is 0 Å². The molecule has 4 nitrogen and oxygen atoms in total. The van der Waals surface area contributed by atoms with Crippen LogP contribution in [-0.2, 0) is 0 Å². The molecule has 1 saturated heterocycles. The van der Waals surface area contributed by atoms with E-state index in [-0.39, 0.29) is 11.4 Å². The van der Waals surface area contributed by atoms with Gasteiger partial charge in [-0.05, 0) is 36.1 Å². The maximum atomic E-state index is 12.9. The molecular weight excluding hydrogens is 344 g/mol. The number of hydrogen-bond donors (Lipinski definition) is 1. The Balaban J connectivity index is 1.74. The molecule has 3 rings (SSSR count). The van der Waals surface area contributed by atoms with E-state index in [4.69, 9.17) is 4.74 Å². The van der Waals surface area contributed by atoms with E-state index in [1.807, 2.05) is 36.1 Å². The van der Waals surface area contributed by atoms with Crippen LogP contribution < -0.4 is 10.1 Å². The van der Waals surface area contributed by atoms with Gasteiger partial charge in [0.05, 0.1) is 12.3 Å². The van der Waals surface area contributed by atoms with Crippen molar-refractivity contribution in [3.8, 4) is 5.75 Å². The standard InChI is InChI=1S/C21H26N2O2S/c1-4-25-19-8-6-5-7-18(19)22-21(24)23-13-14-26-20(23)17-11-9-16(10-12-17)15(2)3/h5-12,15,20H,4,13-14H2,1-3H3,(H,22,24)/t20-/m0/s1. The largest absolute Gasteiger partial charge is 0.492 e. The number of hydrogen-bond acceptors (Lipinski definition) is 3. The van der Waals surface area contributed by atoms with Crippen LogP contribution in [0.25, 0.3) is 0 Å². The third-order valence-corrected chi connectivity index (χ3v) is 5.73. The molecule has 1 N–H and O–H groups in total. The summed E-state index contributed by atoms with van der Waals surface area (Å²) in [5.74, 6) is 2.15. The van der Waals surface area contributed by atoms with Gasteiger partial charge in [0.25, 0.3) is 0 Å². The first kappa shape index (κ1) is 18.6. The molecule has 0 unspecified atom stereocenters. The van der Waals surface area contributed by atoms with Gasteiger partial charge in [-0.3, -0.25) is 0 Å². The fraction of sp³-hybridized carbons (Fsp3) is 0.381. The van der Waals surface area contributed by atoms with Gasteiger partial charge in [-0.25, -0.2) is 4.79 Å². The van der Waals surface area contributed by atoms with Crippen molar-refractivity contribution in [3.63, 3.8) is 0 Å². The number of urea groups is 1. The zero-order chi connectivity index (χ0) is 18.5. The van der Waals surface area contributed by atoms with Crippen molar-refractivity contribution in [1.29, 1.82) is 0 Å². The van der Waals surface area contributed by atoms with Crippen LogP contribution in [-0.4, -0.2) is 29.8 Å². The second-order valence-electron chi connectivity index (χ2n) is 6.60. The van der Waals surface area contributed by atoms with Gasteiger partial charge in [0, 0.05) is 12.3 Å². The van der Waals surface area contributed by atoms with Crippen LogP contribution in [0.1, 0.15) is 43.2 Å². The van der Waals surface area contributed by atoms with E-state index in [2.05, 4.69) is 43.4 Å². The fourth-order valence-electron chi connectivity index (χ4n) is 3.04. The molecule has 1 aliphatic heterocycles. The van der Waals surface area contributed by atoms with Gasteiger partial charge < -0.3 is 15.0 Å². The maximum Gasteiger partial charge on any atom is 0.323 e. The molecule has 5 heteroatoms. The summed E-state index contributed by atoms with van der Waals surface area (Å²) in [7, 11) is 0. The summed E-state index contributed by atoms with van der Waals surface area (Å²) in [5, 5.41) is 3.07. The van der Waals surface area contributed by atoms with Crippen LogP contribution in [0.4, 0.5) is 10.5 Å². The number of thioether (sulfide) groups is 1. The maximum absolute atomic E-state index is 12.9. The normalized spacial score (nSPS) is 16.8. The zero-order valence-corrected chi connectivity index (χ0v) is 16.4. The van der Waals surface area contributed by atoms with Crippen LogP contribution in [0.2, 0.25) is 0 Å². The van der Waals surface area contributed by atoms with Crippen LogP contribution in [0.15, 0.2) is 48.5 Å². The van der Waals surface area contributed by atoms with Crippen molar-refractivity contribution in [3.05, 3.63) is 59.7 Å². The number of para-hydroxylation sites is 2. The molecule has 0 saturated carbocycles. The van der Waals surface area contributed by atoms with Gasteiger partial charge in [0.1, 0.15) is 11.1 Å². The predicted octanol–water partition coefficient (Wildman–Crippen LogP) is 5.49. The van der Waals surface area contributed by atoms with E-state index in [0.29, 0.717) is 24.0 Å². The lowest BCUT2D eigenvalue weighted by atomic mass is 10.0. The number of rotatable bonds is 5. The summed E-state index contributed by atoms with van der Waals surface area (Å²) in [5.41, 5.74) is 3.20. The monoisotopic (exact) mass is 370 g/mol. The average molecular weight is 371 g/mol. The molecule has 1 heterocycles. The van der Waals surface area contributed by atoms with E-state index in [0.717, 1.165) is 12.3 Å². The van der Waals surface area contributed by atoms with E-state index in [9.17, 15) is 4.79 Å². The van der Waals surface area contributed by atoms with Crippen LogP contribution >= 0.6 is 11.8 Å². The zero-order valence-electron chi connectivity index (χ0n) is 15.6. The molecule has 0 aromatic heterocycles. The fourth-order valence-corrected chi connectivity index (χ4v) is 4.29. The van der Waals surface area contributed by atoms with Gasteiger partial charge >= 0.3 is 6.03 Å². The van der Waals surface area contributed by atoms with E-state index in [1.54, 1.807) is 11.8 Å². The molecular formula is C21H26N2O2S. The van der Waals surface area contributed by atoms with Gasteiger partial charge in [0.2, 0.25) is 0 Å². The van der Waals surface area contributed by atoms with E-state index >= 15 is 0 Å². The first-order chi connectivity index (χ1) is 12.6. The summed E-state index contributed by atoms with van der Waals surface area (Å²) in [6.07, 6.45) is 0.